The van der Waals surface area contributed by atoms with Crippen molar-refractivity contribution in [1.82, 2.24) is 19.9 Å². The molecule has 23 heavy (non-hydrogen) atoms. The maximum absolute atomic E-state index is 13.0. The number of carbonyl (C=O) groups excluding carboxylic acids is 1. The average Bonchev–Trinajstić information content (AvgIpc) is 3.16. The average molecular weight is 315 g/mol. The van der Waals surface area contributed by atoms with Gasteiger partial charge in [-0.2, -0.15) is 15.0 Å². The van der Waals surface area contributed by atoms with Gasteiger partial charge in [0.25, 0.3) is 0 Å². The van der Waals surface area contributed by atoms with Gasteiger partial charge in [0.2, 0.25) is 0 Å². The van der Waals surface area contributed by atoms with Gasteiger partial charge in [-0.1, -0.05) is 0 Å². The molecule has 2 atom stereocenters. The van der Waals surface area contributed by atoms with E-state index in [0.29, 0.717) is 5.69 Å². The Bertz CT molecular complexity index is 673. The Labute approximate surface area is 133 Å². The number of halogens is 1. The maximum atomic E-state index is 13.0. The van der Waals surface area contributed by atoms with E-state index in [1.54, 1.807) is 29.3 Å². The van der Waals surface area contributed by atoms with E-state index < -0.39 is 0 Å². The molecule has 6 nitrogen and oxygen atoms in total. The lowest BCUT2D eigenvalue weighted by Gasteiger charge is -2.38. The molecular formula is C16H18FN5O. The number of rotatable bonds is 2. The van der Waals surface area contributed by atoms with E-state index in [0.717, 1.165) is 25.7 Å². The van der Waals surface area contributed by atoms with Crippen molar-refractivity contribution in [3.63, 3.8) is 0 Å². The highest BCUT2D eigenvalue weighted by Gasteiger charge is 2.44. The van der Waals surface area contributed by atoms with Gasteiger partial charge < -0.3 is 10.2 Å². The number of benzene rings is 1. The van der Waals surface area contributed by atoms with Crippen LogP contribution >= 0.6 is 0 Å². The van der Waals surface area contributed by atoms with E-state index in [1.165, 1.54) is 12.1 Å². The molecule has 2 saturated heterocycles. The molecule has 1 aromatic carbocycles. The summed E-state index contributed by atoms with van der Waals surface area (Å²) in [5, 5.41) is 11.3. The largest absolute Gasteiger partial charge is 0.322 e. The summed E-state index contributed by atoms with van der Waals surface area (Å²) in [6.07, 6.45) is 7.16. The first kappa shape index (κ1) is 14.2. The van der Waals surface area contributed by atoms with Crippen LogP contribution in [0.1, 0.15) is 31.7 Å². The molecule has 3 heterocycles. The van der Waals surface area contributed by atoms with Crippen LogP contribution in [0.25, 0.3) is 0 Å². The van der Waals surface area contributed by atoms with Crippen LogP contribution < -0.4 is 5.32 Å². The number of carbonyl (C=O) groups is 1. The topological polar surface area (TPSA) is 63.1 Å². The molecule has 0 saturated carbocycles. The number of piperidine rings is 1. The molecule has 2 aliphatic heterocycles. The van der Waals surface area contributed by atoms with Crippen LogP contribution in [-0.2, 0) is 0 Å². The number of fused-ring (bicyclic) bond motifs is 2. The number of amides is 2. The summed E-state index contributed by atoms with van der Waals surface area (Å²) in [5.41, 5.74) is 0.617. The molecule has 2 amide bonds. The van der Waals surface area contributed by atoms with Crippen LogP contribution in [0.4, 0.5) is 14.9 Å². The third kappa shape index (κ3) is 2.67. The number of anilines is 1. The second kappa shape index (κ2) is 5.64. The fourth-order valence-electron chi connectivity index (χ4n) is 3.80. The predicted octanol–water partition coefficient (Wildman–Crippen LogP) is 2.82. The van der Waals surface area contributed by atoms with Gasteiger partial charge >= 0.3 is 6.03 Å². The van der Waals surface area contributed by atoms with E-state index in [2.05, 4.69) is 15.5 Å². The first-order valence-corrected chi connectivity index (χ1v) is 7.91. The highest BCUT2D eigenvalue weighted by atomic mass is 19.1. The lowest BCUT2D eigenvalue weighted by atomic mass is 9.98. The molecule has 2 unspecified atom stereocenters. The summed E-state index contributed by atoms with van der Waals surface area (Å²) in [6.45, 7) is 0. The quantitative estimate of drug-likeness (QED) is 0.927. The predicted molar refractivity (Wildman–Crippen MR) is 82.4 cm³/mol. The molecule has 0 spiro atoms. The highest BCUT2D eigenvalue weighted by Crippen LogP contribution is 2.40. The third-order valence-corrected chi connectivity index (χ3v) is 4.80. The third-order valence-electron chi connectivity index (χ3n) is 4.80. The zero-order valence-electron chi connectivity index (χ0n) is 12.6. The number of hydrogen-bond donors (Lipinski definition) is 1. The number of hydrogen-bond acceptors (Lipinski definition) is 3. The van der Waals surface area contributed by atoms with Crippen molar-refractivity contribution in [2.45, 2.75) is 43.8 Å². The summed E-state index contributed by atoms with van der Waals surface area (Å²) in [5.74, 6) is -0.310. The molecule has 2 bridgehead atoms. The number of nitrogens with zero attached hydrogens (tertiary/aromatic N) is 4. The molecule has 1 N–H and O–H groups in total. The van der Waals surface area contributed by atoms with Gasteiger partial charge in [0, 0.05) is 17.8 Å². The van der Waals surface area contributed by atoms with E-state index in [4.69, 9.17) is 0 Å². The van der Waals surface area contributed by atoms with Crippen molar-refractivity contribution in [3.05, 3.63) is 42.5 Å². The Hall–Kier alpha value is -2.44. The Morgan fingerprint density at radius 3 is 2.26 bits per heavy atom. The second-order valence-electron chi connectivity index (χ2n) is 6.20. The minimum absolute atomic E-state index is 0.101. The molecule has 0 radical (unpaired) electrons. The van der Waals surface area contributed by atoms with E-state index in [1.807, 2.05) is 4.90 Å². The van der Waals surface area contributed by atoms with Crippen molar-refractivity contribution < 1.29 is 9.18 Å². The Balaban J connectivity index is 1.46. The van der Waals surface area contributed by atoms with Gasteiger partial charge in [0.15, 0.2) is 0 Å². The van der Waals surface area contributed by atoms with Crippen molar-refractivity contribution in [1.29, 1.82) is 0 Å². The van der Waals surface area contributed by atoms with Gasteiger partial charge in [-0.15, -0.1) is 0 Å². The Morgan fingerprint density at radius 1 is 1.04 bits per heavy atom. The number of aromatic nitrogens is 3. The Kier molecular flexibility index (Phi) is 3.48. The molecule has 2 fully saturated rings. The zero-order valence-corrected chi connectivity index (χ0v) is 12.6. The van der Waals surface area contributed by atoms with Crippen LogP contribution in [0.2, 0.25) is 0 Å². The molecule has 0 aliphatic carbocycles. The molecule has 4 rings (SSSR count). The van der Waals surface area contributed by atoms with E-state index in [-0.39, 0.29) is 30.0 Å². The van der Waals surface area contributed by atoms with Crippen LogP contribution in [0, 0.1) is 5.82 Å². The smallest absolute Gasteiger partial charge is 0.318 e. The first-order chi connectivity index (χ1) is 11.2. The SMILES string of the molecule is O=C(Nc1ccc(F)cc1)N1C2CCC1CC(n1nccn1)C2. The number of urea groups is 1. The van der Waals surface area contributed by atoms with Crippen molar-refractivity contribution in [2.75, 3.05) is 5.32 Å². The zero-order chi connectivity index (χ0) is 15.8. The molecule has 2 aromatic rings. The summed E-state index contributed by atoms with van der Waals surface area (Å²) in [7, 11) is 0. The van der Waals surface area contributed by atoms with Gasteiger partial charge in [0.1, 0.15) is 5.82 Å². The van der Waals surface area contributed by atoms with Crippen molar-refractivity contribution in [2.24, 2.45) is 0 Å². The van der Waals surface area contributed by atoms with Crippen LogP contribution in [0.15, 0.2) is 36.7 Å². The van der Waals surface area contributed by atoms with E-state index >= 15 is 0 Å². The summed E-state index contributed by atoms with van der Waals surface area (Å²) >= 11 is 0. The molecule has 2 aliphatic rings. The highest BCUT2D eigenvalue weighted by molar-refractivity contribution is 5.90. The molecular weight excluding hydrogens is 297 g/mol. The van der Waals surface area contributed by atoms with Crippen molar-refractivity contribution >= 4 is 11.7 Å². The molecule has 7 heteroatoms. The van der Waals surface area contributed by atoms with E-state index in [9.17, 15) is 9.18 Å². The monoisotopic (exact) mass is 315 g/mol. The maximum Gasteiger partial charge on any atom is 0.322 e. The van der Waals surface area contributed by atoms with Crippen LogP contribution in [0.3, 0.4) is 0 Å². The lowest BCUT2D eigenvalue weighted by molar-refractivity contribution is 0.124. The fourth-order valence-corrected chi connectivity index (χ4v) is 3.80. The normalized spacial score (nSPS) is 26.3. The van der Waals surface area contributed by atoms with Crippen molar-refractivity contribution in [3.8, 4) is 0 Å². The minimum atomic E-state index is -0.310. The lowest BCUT2D eigenvalue weighted by Crippen LogP contribution is -2.49. The Morgan fingerprint density at radius 2 is 1.65 bits per heavy atom. The van der Waals surface area contributed by atoms with Gasteiger partial charge in [-0.25, -0.2) is 9.18 Å². The van der Waals surface area contributed by atoms with Gasteiger partial charge in [-0.05, 0) is 49.9 Å². The standard InChI is InChI=1S/C16H18FN5O/c17-11-1-3-12(4-2-11)20-16(23)21-13-5-6-14(21)10-15(9-13)22-18-7-8-19-22/h1-4,7-8,13-15H,5-6,9-10H2,(H,20,23). The molecule has 1 aromatic heterocycles. The van der Waals surface area contributed by atoms with Gasteiger partial charge in [0.05, 0.1) is 18.4 Å². The second-order valence-corrected chi connectivity index (χ2v) is 6.20. The summed E-state index contributed by atoms with van der Waals surface area (Å²) in [4.78, 5) is 16.3. The summed E-state index contributed by atoms with van der Waals surface area (Å²) < 4.78 is 13.0. The molecule has 120 valence electrons. The summed E-state index contributed by atoms with van der Waals surface area (Å²) in [6, 6.07) is 6.44. The minimum Gasteiger partial charge on any atom is -0.318 e. The fraction of sp³-hybridized carbons (Fsp3) is 0.438. The first-order valence-electron chi connectivity index (χ1n) is 7.91. The number of nitrogens with one attached hydrogen (secondary N) is 1. The van der Waals surface area contributed by atoms with Crippen LogP contribution in [-0.4, -0.2) is 38.0 Å². The van der Waals surface area contributed by atoms with Crippen LogP contribution in [0.5, 0.6) is 0 Å². The van der Waals surface area contributed by atoms with Gasteiger partial charge in [-0.3, -0.25) is 0 Å².